The van der Waals surface area contributed by atoms with E-state index in [4.69, 9.17) is 4.42 Å². The number of nitrogens with one attached hydrogen (secondary N) is 1. The largest absolute Gasteiger partial charge is 0.444 e. The molecule has 1 aliphatic rings. The summed E-state index contributed by atoms with van der Waals surface area (Å²) in [5.41, 5.74) is 0. The standard InChI is InChI=1S/C14H21N3O3/c1-8(2)5-11-14(19)17(10(4)13(18)16-11)7-12-15-6-9(3)20-12/h6,8,10-11H,5,7H2,1-4H3,(H,16,18). The molecule has 1 saturated heterocycles. The monoisotopic (exact) mass is 279 g/mol. The van der Waals surface area contributed by atoms with Crippen LogP contribution in [0.2, 0.25) is 0 Å². The van der Waals surface area contributed by atoms with E-state index < -0.39 is 12.1 Å². The molecule has 6 heteroatoms. The number of piperazine rings is 1. The van der Waals surface area contributed by atoms with Crippen LogP contribution in [-0.4, -0.2) is 33.8 Å². The number of nitrogens with zero attached hydrogens (tertiary/aromatic N) is 2. The lowest BCUT2D eigenvalue weighted by molar-refractivity contribution is -0.150. The third-order valence-corrected chi connectivity index (χ3v) is 3.43. The van der Waals surface area contributed by atoms with Gasteiger partial charge in [-0.25, -0.2) is 4.98 Å². The lowest BCUT2D eigenvalue weighted by atomic mass is 9.99. The topological polar surface area (TPSA) is 75.4 Å². The van der Waals surface area contributed by atoms with Crippen LogP contribution in [-0.2, 0) is 16.1 Å². The van der Waals surface area contributed by atoms with Gasteiger partial charge in [-0.3, -0.25) is 9.59 Å². The van der Waals surface area contributed by atoms with E-state index in [-0.39, 0.29) is 18.4 Å². The van der Waals surface area contributed by atoms with Gasteiger partial charge in [0.1, 0.15) is 17.8 Å². The Hall–Kier alpha value is -1.85. The van der Waals surface area contributed by atoms with Gasteiger partial charge in [-0.2, -0.15) is 0 Å². The lowest BCUT2D eigenvalue weighted by Gasteiger charge is -2.37. The van der Waals surface area contributed by atoms with E-state index in [2.05, 4.69) is 10.3 Å². The molecule has 1 N–H and O–H groups in total. The Kier molecular flexibility index (Phi) is 4.11. The van der Waals surface area contributed by atoms with Crippen LogP contribution in [0.25, 0.3) is 0 Å². The van der Waals surface area contributed by atoms with Gasteiger partial charge in [0, 0.05) is 0 Å². The Balaban J connectivity index is 2.15. The second kappa shape index (κ2) is 5.64. The highest BCUT2D eigenvalue weighted by molar-refractivity contribution is 5.96. The zero-order valence-electron chi connectivity index (χ0n) is 12.3. The minimum absolute atomic E-state index is 0.0679. The summed E-state index contributed by atoms with van der Waals surface area (Å²) in [7, 11) is 0. The number of rotatable bonds is 4. The molecule has 0 spiro atoms. The summed E-state index contributed by atoms with van der Waals surface area (Å²) >= 11 is 0. The summed E-state index contributed by atoms with van der Waals surface area (Å²) in [6, 6.07) is -0.951. The summed E-state index contributed by atoms with van der Waals surface area (Å²) in [5, 5.41) is 2.79. The SMILES string of the molecule is Cc1cnc(CN2C(=O)C(CC(C)C)NC(=O)C2C)o1. The van der Waals surface area contributed by atoms with Crippen LogP contribution in [0.4, 0.5) is 0 Å². The third-order valence-electron chi connectivity index (χ3n) is 3.43. The molecular formula is C14H21N3O3. The Morgan fingerprint density at radius 1 is 1.45 bits per heavy atom. The van der Waals surface area contributed by atoms with Crippen molar-refractivity contribution in [2.75, 3.05) is 0 Å². The predicted molar refractivity (Wildman–Crippen MR) is 72.6 cm³/mol. The highest BCUT2D eigenvalue weighted by Gasteiger charge is 2.38. The van der Waals surface area contributed by atoms with E-state index in [1.165, 1.54) is 4.90 Å². The molecule has 2 heterocycles. The van der Waals surface area contributed by atoms with E-state index in [0.29, 0.717) is 24.0 Å². The molecule has 1 aromatic rings. The zero-order valence-corrected chi connectivity index (χ0v) is 12.3. The first-order valence-corrected chi connectivity index (χ1v) is 6.90. The average molecular weight is 279 g/mol. The molecule has 0 bridgehead atoms. The van der Waals surface area contributed by atoms with E-state index in [0.717, 1.165) is 0 Å². The molecule has 0 radical (unpaired) electrons. The Morgan fingerprint density at radius 3 is 2.70 bits per heavy atom. The van der Waals surface area contributed by atoms with Crippen molar-refractivity contribution in [3.05, 3.63) is 17.8 Å². The van der Waals surface area contributed by atoms with Crippen molar-refractivity contribution in [1.82, 2.24) is 15.2 Å². The van der Waals surface area contributed by atoms with Gasteiger partial charge < -0.3 is 14.6 Å². The highest BCUT2D eigenvalue weighted by atomic mass is 16.4. The minimum atomic E-state index is -0.502. The summed E-state index contributed by atoms with van der Waals surface area (Å²) in [5.74, 6) is 1.30. The molecule has 0 saturated carbocycles. The number of aryl methyl sites for hydroxylation is 1. The Morgan fingerprint density at radius 2 is 2.15 bits per heavy atom. The van der Waals surface area contributed by atoms with Crippen LogP contribution in [0, 0.1) is 12.8 Å². The molecule has 20 heavy (non-hydrogen) atoms. The zero-order chi connectivity index (χ0) is 14.9. The van der Waals surface area contributed by atoms with Gasteiger partial charge in [0.15, 0.2) is 0 Å². The number of amides is 2. The summed E-state index contributed by atoms with van der Waals surface area (Å²) in [6.45, 7) is 7.80. The number of aromatic nitrogens is 1. The molecule has 1 aromatic heterocycles. The first-order chi connectivity index (χ1) is 9.38. The molecular weight excluding hydrogens is 258 g/mol. The predicted octanol–water partition coefficient (Wildman–Crippen LogP) is 1.24. The molecule has 1 aliphatic heterocycles. The maximum atomic E-state index is 12.5. The fourth-order valence-corrected chi connectivity index (χ4v) is 2.35. The van der Waals surface area contributed by atoms with Crippen molar-refractivity contribution < 1.29 is 14.0 Å². The molecule has 2 unspecified atom stereocenters. The molecule has 0 aromatic carbocycles. The smallest absolute Gasteiger partial charge is 0.246 e. The van der Waals surface area contributed by atoms with Crippen molar-refractivity contribution in [2.45, 2.75) is 52.7 Å². The van der Waals surface area contributed by atoms with Crippen LogP contribution in [0.15, 0.2) is 10.6 Å². The summed E-state index contributed by atoms with van der Waals surface area (Å²) in [4.78, 5) is 30.1. The maximum absolute atomic E-state index is 12.5. The second-order valence-corrected chi connectivity index (χ2v) is 5.70. The van der Waals surface area contributed by atoms with Crippen molar-refractivity contribution in [3.63, 3.8) is 0 Å². The van der Waals surface area contributed by atoms with Gasteiger partial charge >= 0.3 is 0 Å². The van der Waals surface area contributed by atoms with E-state index in [1.807, 2.05) is 13.8 Å². The van der Waals surface area contributed by atoms with Crippen LogP contribution < -0.4 is 5.32 Å². The van der Waals surface area contributed by atoms with Gasteiger partial charge in [0.05, 0.1) is 12.7 Å². The van der Waals surface area contributed by atoms with Crippen molar-refractivity contribution in [3.8, 4) is 0 Å². The van der Waals surface area contributed by atoms with Crippen LogP contribution in [0.5, 0.6) is 0 Å². The van der Waals surface area contributed by atoms with Crippen LogP contribution in [0.1, 0.15) is 38.8 Å². The molecule has 110 valence electrons. The lowest BCUT2D eigenvalue weighted by Crippen LogP contribution is -2.62. The van der Waals surface area contributed by atoms with Gasteiger partial charge in [-0.15, -0.1) is 0 Å². The Bertz CT molecular complexity index is 510. The number of hydrogen-bond donors (Lipinski definition) is 1. The fourth-order valence-electron chi connectivity index (χ4n) is 2.35. The molecule has 2 rings (SSSR count). The fraction of sp³-hybridized carbons (Fsp3) is 0.643. The highest BCUT2D eigenvalue weighted by Crippen LogP contribution is 2.18. The number of carbonyl (C=O) groups is 2. The third kappa shape index (κ3) is 3.00. The molecule has 0 aliphatic carbocycles. The van der Waals surface area contributed by atoms with E-state index >= 15 is 0 Å². The summed E-state index contributed by atoms with van der Waals surface area (Å²) in [6.07, 6.45) is 2.25. The van der Waals surface area contributed by atoms with Gasteiger partial charge in [0.25, 0.3) is 0 Å². The average Bonchev–Trinajstić information content (AvgIpc) is 2.77. The normalized spacial score (nSPS) is 23.4. The Labute approximate surface area is 118 Å². The quantitative estimate of drug-likeness (QED) is 0.900. The van der Waals surface area contributed by atoms with Crippen LogP contribution >= 0.6 is 0 Å². The van der Waals surface area contributed by atoms with E-state index in [9.17, 15) is 9.59 Å². The minimum Gasteiger partial charge on any atom is -0.444 e. The van der Waals surface area contributed by atoms with Crippen molar-refractivity contribution in [2.24, 2.45) is 5.92 Å². The van der Waals surface area contributed by atoms with E-state index in [1.54, 1.807) is 20.0 Å². The van der Waals surface area contributed by atoms with Crippen molar-refractivity contribution in [1.29, 1.82) is 0 Å². The molecule has 6 nitrogen and oxygen atoms in total. The first-order valence-electron chi connectivity index (χ1n) is 6.90. The number of hydrogen-bond acceptors (Lipinski definition) is 4. The number of carbonyl (C=O) groups excluding carboxylic acids is 2. The van der Waals surface area contributed by atoms with Crippen LogP contribution in [0.3, 0.4) is 0 Å². The van der Waals surface area contributed by atoms with Gasteiger partial charge in [-0.05, 0) is 26.2 Å². The number of oxazole rings is 1. The van der Waals surface area contributed by atoms with Crippen molar-refractivity contribution >= 4 is 11.8 Å². The van der Waals surface area contributed by atoms with Gasteiger partial charge in [0.2, 0.25) is 17.7 Å². The summed E-state index contributed by atoms with van der Waals surface area (Å²) < 4.78 is 5.40. The maximum Gasteiger partial charge on any atom is 0.246 e. The second-order valence-electron chi connectivity index (χ2n) is 5.70. The molecule has 1 fully saturated rings. The van der Waals surface area contributed by atoms with Gasteiger partial charge in [-0.1, -0.05) is 13.8 Å². The molecule has 2 amide bonds. The first kappa shape index (κ1) is 14.6. The molecule has 2 atom stereocenters.